The zero-order valence-corrected chi connectivity index (χ0v) is 10.5. The molecule has 1 heterocycles. The largest absolute Gasteiger partial charge is 0.380 e. The summed E-state index contributed by atoms with van der Waals surface area (Å²) in [7, 11) is 0. The number of nitrogens with zero attached hydrogens (tertiary/aromatic N) is 2. The number of nitrogens with one attached hydrogen (secondary N) is 1. The Kier molecular flexibility index (Phi) is 6.11. The molecule has 1 aromatic heterocycles. The number of hydrogen-bond donors (Lipinski definition) is 1. The molecular weight excluding hydrogens is 226 g/mol. The highest BCUT2D eigenvalue weighted by Crippen LogP contribution is 2.05. The standard InChI is InChI=1S/C11H18ClN3O/c1-9(2)3-5-16-6-4-13-11-14-7-10(12)8-15-11/h7-9H,3-6H2,1-2H3,(H,13,14,15). The van der Waals surface area contributed by atoms with Crippen molar-refractivity contribution in [3.8, 4) is 0 Å². The molecule has 0 bridgehead atoms. The molecule has 0 fully saturated rings. The molecule has 1 N–H and O–H groups in total. The molecule has 0 aliphatic carbocycles. The summed E-state index contributed by atoms with van der Waals surface area (Å²) in [5.41, 5.74) is 0. The summed E-state index contributed by atoms with van der Waals surface area (Å²) >= 11 is 5.67. The summed E-state index contributed by atoms with van der Waals surface area (Å²) in [6, 6.07) is 0. The van der Waals surface area contributed by atoms with Gasteiger partial charge in [-0.3, -0.25) is 0 Å². The Hall–Kier alpha value is -0.870. The van der Waals surface area contributed by atoms with Crippen LogP contribution in [0.1, 0.15) is 20.3 Å². The van der Waals surface area contributed by atoms with Crippen LogP contribution in [0.25, 0.3) is 0 Å². The smallest absolute Gasteiger partial charge is 0.222 e. The van der Waals surface area contributed by atoms with Gasteiger partial charge in [-0.25, -0.2) is 9.97 Å². The molecular formula is C11H18ClN3O. The van der Waals surface area contributed by atoms with Crippen LogP contribution < -0.4 is 5.32 Å². The number of hydrogen-bond acceptors (Lipinski definition) is 4. The Bertz CT molecular complexity index is 290. The van der Waals surface area contributed by atoms with Gasteiger partial charge in [-0.1, -0.05) is 25.4 Å². The van der Waals surface area contributed by atoms with Crippen LogP contribution in [0.3, 0.4) is 0 Å². The third-order valence-electron chi connectivity index (χ3n) is 1.99. The van der Waals surface area contributed by atoms with Crippen molar-refractivity contribution in [1.82, 2.24) is 9.97 Å². The minimum atomic E-state index is 0.540. The molecule has 0 saturated carbocycles. The van der Waals surface area contributed by atoms with Crippen LogP contribution in [-0.2, 0) is 4.74 Å². The van der Waals surface area contributed by atoms with Gasteiger partial charge in [0.05, 0.1) is 24.0 Å². The van der Waals surface area contributed by atoms with E-state index >= 15 is 0 Å². The fraction of sp³-hybridized carbons (Fsp3) is 0.636. The minimum Gasteiger partial charge on any atom is -0.380 e. The van der Waals surface area contributed by atoms with Gasteiger partial charge >= 0.3 is 0 Å². The first-order valence-corrected chi connectivity index (χ1v) is 5.85. The van der Waals surface area contributed by atoms with Crippen molar-refractivity contribution in [2.24, 2.45) is 5.92 Å². The van der Waals surface area contributed by atoms with Crippen LogP contribution in [0.4, 0.5) is 5.95 Å². The summed E-state index contributed by atoms with van der Waals surface area (Å²) in [6.45, 7) is 6.55. The topological polar surface area (TPSA) is 47.0 Å². The second-order valence-corrected chi connectivity index (χ2v) is 4.38. The van der Waals surface area contributed by atoms with Crippen molar-refractivity contribution < 1.29 is 4.74 Å². The van der Waals surface area contributed by atoms with Crippen LogP contribution in [0.5, 0.6) is 0 Å². The van der Waals surface area contributed by atoms with Crippen molar-refractivity contribution >= 4 is 17.5 Å². The van der Waals surface area contributed by atoms with E-state index in [0.717, 1.165) is 13.0 Å². The Morgan fingerprint density at radius 3 is 2.62 bits per heavy atom. The van der Waals surface area contributed by atoms with Crippen LogP contribution in [-0.4, -0.2) is 29.7 Å². The molecule has 16 heavy (non-hydrogen) atoms. The molecule has 5 heteroatoms. The zero-order chi connectivity index (χ0) is 11.8. The summed E-state index contributed by atoms with van der Waals surface area (Å²) in [5.74, 6) is 1.27. The average Bonchev–Trinajstić information content (AvgIpc) is 2.25. The quantitative estimate of drug-likeness (QED) is 0.748. The van der Waals surface area contributed by atoms with Gasteiger partial charge in [0.1, 0.15) is 0 Å². The first-order valence-electron chi connectivity index (χ1n) is 5.47. The van der Waals surface area contributed by atoms with E-state index < -0.39 is 0 Å². The summed E-state index contributed by atoms with van der Waals surface area (Å²) in [5, 5.41) is 3.59. The van der Waals surface area contributed by atoms with Gasteiger partial charge in [-0.2, -0.15) is 0 Å². The summed E-state index contributed by atoms with van der Waals surface area (Å²) in [4.78, 5) is 8.03. The molecule has 0 aliphatic heterocycles. The summed E-state index contributed by atoms with van der Waals surface area (Å²) < 4.78 is 5.45. The fourth-order valence-corrected chi connectivity index (χ4v) is 1.16. The SMILES string of the molecule is CC(C)CCOCCNc1ncc(Cl)cn1. The lowest BCUT2D eigenvalue weighted by molar-refractivity contribution is 0.132. The molecule has 0 aliphatic rings. The zero-order valence-electron chi connectivity index (χ0n) is 9.74. The maximum Gasteiger partial charge on any atom is 0.222 e. The van der Waals surface area contributed by atoms with Gasteiger partial charge in [0.2, 0.25) is 5.95 Å². The van der Waals surface area contributed by atoms with E-state index in [-0.39, 0.29) is 0 Å². The molecule has 1 rings (SSSR count). The van der Waals surface area contributed by atoms with Gasteiger partial charge in [-0.05, 0) is 12.3 Å². The highest BCUT2D eigenvalue weighted by Gasteiger charge is 1.96. The Balaban J connectivity index is 2.05. The second kappa shape index (κ2) is 7.41. The normalized spacial score (nSPS) is 10.8. The fourth-order valence-electron chi connectivity index (χ4n) is 1.06. The average molecular weight is 244 g/mol. The number of anilines is 1. The maximum absolute atomic E-state index is 5.67. The van der Waals surface area contributed by atoms with Gasteiger partial charge in [0.15, 0.2) is 0 Å². The number of aromatic nitrogens is 2. The van der Waals surface area contributed by atoms with Crippen molar-refractivity contribution in [3.05, 3.63) is 17.4 Å². The van der Waals surface area contributed by atoms with E-state index in [4.69, 9.17) is 16.3 Å². The number of ether oxygens (including phenoxy) is 1. The Labute approximate surface area is 101 Å². The first kappa shape index (κ1) is 13.2. The third kappa shape index (κ3) is 5.88. The lowest BCUT2D eigenvalue weighted by Crippen LogP contribution is -2.12. The molecule has 90 valence electrons. The lowest BCUT2D eigenvalue weighted by atomic mass is 10.1. The van der Waals surface area contributed by atoms with Crippen LogP contribution in [0, 0.1) is 5.92 Å². The van der Waals surface area contributed by atoms with E-state index in [0.29, 0.717) is 30.0 Å². The molecule has 0 saturated heterocycles. The first-order chi connectivity index (χ1) is 7.68. The monoisotopic (exact) mass is 243 g/mol. The molecule has 0 unspecified atom stereocenters. The molecule has 0 radical (unpaired) electrons. The van der Waals surface area contributed by atoms with Crippen molar-refractivity contribution in [1.29, 1.82) is 0 Å². The van der Waals surface area contributed by atoms with Crippen LogP contribution in [0.2, 0.25) is 5.02 Å². The molecule has 0 atom stereocenters. The van der Waals surface area contributed by atoms with Crippen LogP contribution in [0.15, 0.2) is 12.4 Å². The molecule has 0 amide bonds. The van der Waals surface area contributed by atoms with E-state index in [2.05, 4.69) is 29.1 Å². The predicted molar refractivity (Wildman–Crippen MR) is 65.8 cm³/mol. The van der Waals surface area contributed by atoms with Gasteiger partial charge in [0.25, 0.3) is 0 Å². The van der Waals surface area contributed by atoms with E-state index in [1.807, 2.05) is 0 Å². The lowest BCUT2D eigenvalue weighted by Gasteiger charge is -2.07. The highest BCUT2D eigenvalue weighted by atomic mass is 35.5. The Morgan fingerprint density at radius 1 is 1.31 bits per heavy atom. The maximum atomic E-state index is 5.67. The van der Waals surface area contributed by atoms with Crippen molar-refractivity contribution in [2.75, 3.05) is 25.1 Å². The molecule has 4 nitrogen and oxygen atoms in total. The highest BCUT2D eigenvalue weighted by molar-refractivity contribution is 6.30. The second-order valence-electron chi connectivity index (χ2n) is 3.95. The van der Waals surface area contributed by atoms with Crippen molar-refractivity contribution in [3.63, 3.8) is 0 Å². The van der Waals surface area contributed by atoms with Gasteiger partial charge in [0, 0.05) is 13.2 Å². The van der Waals surface area contributed by atoms with Gasteiger partial charge in [-0.15, -0.1) is 0 Å². The predicted octanol–water partition coefficient (Wildman–Crippen LogP) is 2.60. The third-order valence-corrected chi connectivity index (χ3v) is 2.18. The molecule has 1 aromatic rings. The number of rotatable bonds is 7. The molecule has 0 spiro atoms. The molecule has 0 aromatic carbocycles. The van der Waals surface area contributed by atoms with E-state index in [9.17, 15) is 0 Å². The van der Waals surface area contributed by atoms with E-state index in [1.54, 1.807) is 12.4 Å². The van der Waals surface area contributed by atoms with Crippen molar-refractivity contribution in [2.45, 2.75) is 20.3 Å². The van der Waals surface area contributed by atoms with Crippen LogP contribution >= 0.6 is 11.6 Å². The van der Waals surface area contributed by atoms with E-state index in [1.165, 1.54) is 0 Å². The summed E-state index contributed by atoms with van der Waals surface area (Å²) in [6.07, 6.45) is 4.23. The van der Waals surface area contributed by atoms with Gasteiger partial charge < -0.3 is 10.1 Å². The minimum absolute atomic E-state index is 0.540. The number of halogens is 1. The Morgan fingerprint density at radius 2 is 2.00 bits per heavy atom.